The van der Waals surface area contributed by atoms with E-state index in [4.69, 9.17) is 10.5 Å². The number of pyridine rings is 1. The largest absolute Gasteiger partial charge is 0.378 e. The maximum Gasteiger partial charge on any atom is 0.194 e. The van der Waals surface area contributed by atoms with Crippen LogP contribution in [0.3, 0.4) is 0 Å². The monoisotopic (exact) mass is 415 g/mol. The second-order valence-corrected chi connectivity index (χ2v) is 7.29. The smallest absolute Gasteiger partial charge is 0.194 e. The Hall–Kier alpha value is -2.64. The van der Waals surface area contributed by atoms with Gasteiger partial charge in [0, 0.05) is 24.8 Å². The number of halogens is 2. The number of hydrogen-bond acceptors (Lipinski definition) is 6. The van der Waals surface area contributed by atoms with E-state index >= 15 is 0 Å². The van der Waals surface area contributed by atoms with Crippen LogP contribution < -0.4 is 16.0 Å². The van der Waals surface area contributed by atoms with Gasteiger partial charge in [0.1, 0.15) is 17.7 Å². The molecule has 1 aliphatic carbocycles. The Morgan fingerprint density at radius 2 is 1.97 bits per heavy atom. The van der Waals surface area contributed by atoms with E-state index in [1.54, 1.807) is 6.07 Å². The van der Waals surface area contributed by atoms with Crippen molar-refractivity contribution in [3.05, 3.63) is 64.6 Å². The summed E-state index contributed by atoms with van der Waals surface area (Å²) in [6.07, 6.45) is 3.60. The Bertz CT molecular complexity index is 970. The van der Waals surface area contributed by atoms with Gasteiger partial charge in [0.2, 0.25) is 0 Å². The normalized spacial score (nSPS) is 20.8. The Balaban J connectivity index is 0.00000205. The topological polar surface area (TPSA) is 75.8 Å². The van der Waals surface area contributed by atoms with Crippen LogP contribution in [0.2, 0.25) is 0 Å². The lowest BCUT2D eigenvalue weighted by molar-refractivity contribution is 0.122. The van der Waals surface area contributed by atoms with Gasteiger partial charge in [-0.15, -0.1) is 12.4 Å². The molecule has 3 N–H and O–H groups in total. The number of anilines is 1. The second-order valence-electron chi connectivity index (χ2n) is 7.29. The average molecular weight is 416 g/mol. The molecule has 1 unspecified atom stereocenters. The lowest BCUT2D eigenvalue weighted by Crippen LogP contribution is -2.37. The fourth-order valence-electron chi connectivity index (χ4n) is 4.18. The second kappa shape index (κ2) is 8.00. The van der Waals surface area contributed by atoms with E-state index in [0.29, 0.717) is 5.96 Å². The number of aliphatic imine (C=N–C) groups is 1. The van der Waals surface area contributed by atoms with Gasteiger partial charge in [-0.2, -0.15) is 0 Å². The molecule has 0 amide bonds. The number of nitrogens with zero attached hydrogens (tertiary/aromatic N) is 3. The first kappa shape index (κ1) is 19.7. The fourth-order valence-corrected chi connectivity index (χ4v) is 4.18. The van der Waals surface area contributed by atoms with Crippen LogP contribution in [-0.4, -0.2) is 37.2 Å². The first-order valence-corrected chi connectivity index (χ1v) is 9.60. The highest BCUT2D eigenvalue weighted by Gasteiger charge is 2.30. The predicted octanol–water partition coefficient (Wildman–Crippen LogP) is 2.80. The molecule has 0 bridgehead atoms. The van der Waals surface area contributed by atoms with Crippen LogP contribution in [0.4, 0.5) is 10.2 Å². The molecule has 29 heavy (non-hydrogen) atoms. The minimum atomic E-state index is -0.247. The predicted molar refractivity (Wildman–Crippen MR) is 114 cm³/mol. The van der Waals surface area contributed by atoms with Gasteiger partial charge in [-0.25, -0.2) is 14.4 Å². The zero-order chi connectivity index (χ0) is 19.1. The molecular formula is C21H23ClFN5O. The number of nitrogens with one attached hydrogen (secondary N) is 1. The molecule has 1 saturated heterocycles. The van der Waals surface area contributed by atoms with Crippen LogP contribution in [0.5, 0.6) is 0 Å². The molecule has 1 aromatic carbocycles. The van der Waals surface area contributed by atoms with E-state index in [1.807, 2.05) is 18.3 Å². The van der Waals surface area contributed by atoms with Crippen molar-refractivity contribution in [2.24, 2.45) is 10.7 Å². The highest BCUT2D eigenvalue weighted by atomic mass is 35.5. The lowest BCUT2D eigenvalue weighted by atomic mass is 9.83. The van der Waals surface area contributed by atoms with Crippen molar-refractivity contribution >= 4 is 29.9 Å². The van der Waals surface area contributed by atoms with Gasteiger partial charge in [0.25, 0.3) is 0 Å². The van der Waals surface area contributed by atoms with Crippen LogP contribution in [0.1, 0.15) is 29.2 Å². The Kier molecular flexibility index (Phi) is 5.43. The summed E-state index contributed by atoms with van der Waals surface area (Å²) in [5, 5.41) is 3.16. The number of aryl methyl sites for hydroxylation is 1. The zero-order valence-electron chi connectivity index (χ0n) is 15.9. The minimum Gasteiger partial charge on any atom is -0.378 e. The molecule has 152 valence electrons. The molecule has 2 aliphatic heterocycles. The maximum absolute atomic E-state index is 13.9. The van der Waals surface area contributed by atoms with Crippen LogP contribution in [0.25, 0.3) is 5.70 Å². The summed E-state index contributed by atoms with van der Waals surface area (Å²) in [7, 11) is 0. The molecule has 8 heteroatoms. The number of hydrogen-bond donors (Lipinski definition) is 2. The first-order chi connectivity index (χ1) is 13.7. The van der Waals surface area contributed by atoms with E-state index in [9.17, 15) is 4.39 Å². The molecule has 2 aromatic rings. The lowest BCUT2D eigenvalue weighted by Gasteiger charge is -2.32. The van der Waals surface area contributed by atoms with Crippen molar-refractivity contribution in [3.8, 4) is 0 Å². The van der Waals surface area contributed by atoms with Gasteiger partial charge < -0.3 is 20.7 Å². The van der Waals surface area contributed by atoms with E-state index in [-0.39, 0.29) is 24.3 Å². The average Bonchev–Trinajstić information content (AvgIpc) is 2.74. The van der Waals surface area contributed by atoms with Gasteiger partial charge in [-0.05, 0) is 47.7 Å². The number of benzene rings is 1. The molecule has 0 saturated carbocycles. The van der Waals surface area contributed by atoms with Gasteiger partial charge in [-0.1, -0.05) is 12.1 Å². The molecule has 6 nitrogen and oxygen atoms in total. The van der Waals surface area contributed by atoms with E-state index < -0.39 is 0 Å². The third-order valence-corrected chi connectivity index (χ3v) is 5.60. The van der Waals surface area contributed by atoms with Gasteiger partial charge >= 0.3 is 0 Å². The number of nitrogens with two attached hydrogens (primary N) is 1. The Labute approximate surface area is 175 Å². The Morgan fingerprint density at radius 3 is 2.72 bits per heavy atom. The molecule has 1 atom stereocenters. The molecule has 5 rings (SSSR count). The van der Waals surface area contributed by atoms with Crippen LogP contribution in [0, 0.1) is 5.82 Å². The van der Waals surface area contributed by atoms with Crippen molar-refractivity contribution in [1.82, 2.24) is 10.3 Å². The van der Waals surface area contributed by atoms with Crippen LogP contribution in [0.15, 0.2) is 47.1 Å². The summed E-state index contributed by atoms with van der Waals surface area (Å²) in [5.41, 5.74) is 11.1. The van der Waals surface area contributed by atoms with Gasteiger partial charge in [0.05, 0.1) is 18.9 Å². The molecule has 0 spiro atoms. The first-order valence-electron chi connectivity index (χ1n) is 9.60. The number of guanidine groups is 1. The van der Waals surface area contributed by atoms with Crippen molar-refractivity contribution in [3.63, 3.8) is 0 Å². The van der Waals surface area contributed by atoms with Gasteiger partial charge in [-0.3, -0.25) is 0 Å². The number of rotatable bonds is 2. The van der Waals surface area contributed by atoms with Gasteiger partial charge in [0.15, 0.2) is 5.96 Å². The van der Waals surface area contributed by atoms with Crippen molar-refractivity contribution < 1.29 is 9.13 Å². The third kappa shape index (κ3) is 3.68. The number of ether oxygens (including phenoxy) is 1. The fraction of sp³-hybridized carbons (Fsp3) is 0.333. The van der Waals surface area contributed by atoms with E-state index in [1.165, 1.54) is 6.07 Å². The van der Waals surface area contributed by atoms with Crippen molar-refractivity contribution in [2.45, 2.75) is 18.9 Å². The Morgan fingerprint density at radius 1 is 1.14 bits per heavy atom. The molecule has 0 radical (unpaired) electrons. The summed E-state index contributed by atoms with van der Waals surface area (Å²) >= 11 is 0. The van der Waals surface area contributed by atoms with Crippen molar-refractivity contribution in [2.75, 3.05) is 31.2 Å². The van der Waals surface area contributed by atoms with E-state index in [2.05, 4.69) is 26.3 Å². The van der Waals surface area contributed by atoms with E-state index in [0.717, 1.165) is 72.9 Å². The standard InChI is InChI=1S/C21H22FN5O.ClH/c22-15-4-1-13-2-5-16-19(25-21(23)26-20(16)17(13)11-15)14-3-6-18(24-12-14)27-7-9-28-10-8-27;/h1,3-4,6,11-12,19H,2,5,7-10H2,(H3,23,25,26);1H. The summed E-state index contributed by atoms with van der Waals surface area (Å²) < 4.78 is 19.3. The highest BCUT2D eigenvalue weighted by molar-refractivity contribution is 5.92. The molecule has 3 heterocycles. The van der Waals surface area contributed by atoms with Crippen LogP contribution in [-0.2, 0) is 11.2 Å². The number of fused-ring (bicyclic) bond motifs is 2. The highest BCUT2D eigenvalue weighted by Crippen LogP contribution is 2.40. The summed E-state index contributed by atoms with van der Waals surface area (Å²) in [6, 6.07) is 8.84. The molecule has 1 fully saturated rings. The quantitative estimate of drug-likeness (QED) is 0.788. The third-order valence-electron chi connectivity index (χ3n) is 5.60. The van der Waals surface area contributed by atoms with Crippen LogP contribution >= 0.6 is 12.4 Å². The SMILES string of the molecule is Cl.NC1=NC(c2ccc(N3CCOCC3)nc2)C2=C(N1)c1cc(F)ccc1CC2. The molecular weight excluding hydrogens is 393 g/mol. The molecule has 1 aromatic heterocycles. The zero-order valence-corrected chi connectivity index (χ0v) is 16.7. The summed E-state index contributed by atoms with van der Waals surface area (Å²) in [6.45, 7) is 3.15. The summed E-state index contributed by atoms with van der Waals surface area (Å²) in [5.74, 6) is 1.05. The number of morpholine rings is 1. The summed E-state index contributed by atoms with van der Waals surface area (Å²) in [4.78, 5) is 11.5. The number of aromatic nitrogens is 1. The molecule has 3 aliphatic rings. The minimum absolute atomic E-state index is 0. The van der Waals surface area contributed by atoms with Crippen molar-refractivity contribution in [1.29, 1.82) is 0 Å². The maximum atomic E-state index is 13.9.